The van der Waals surface area contributed by atoms with Crippen molar-refractivity contribution in [3.8, 4) is 0 Å². The lowest BCUT2D eigenvalue weighted by molar-refractivity contribution is 0.268. The molecule has 1 heterocycles. The van der Waals surface area contributed by atoms with E-state index in [4.69, 9.17) is 0 Å². The van der Waals surface area contributed by atoms with Gasteiger partial charge in [-0.1, -0.05) is 67.1 Å². The van der Waals surface area contributed by atoms with Crippen molar-refractivity contribution >= 4 is 20.0 Å². The highest BCUT2D eigenvalue weighted by molar-refractivity contribution is 7.89. The van der Waals surface area contributed by atoms with Gasteiger partial charge in [0.05, 0.1) is 15.8 Å². The van der Waals surface area contributed by atoms with Crippen molar-refractivity contribution in [1.82, 2.24) is 9.03 Å². The van der Waals surface area contributed by atoms with E-state index in [0.717, 1.165) is 30.4 Å². The van der Waals surface area contributed by atoms with E-state index in [-0.39, 0.29) is 15.8 Å². The van der Waals surface area contributed by atoms with Gasteiger partial charge in [0, 0.05) is 12.6 Å². The Kier molecular flexibility index (Phi) is 6.99. The number of hydrogen-bond donors (Lipinski definition) is 1. The van der Waals surface area contributed by atoms with Gasteiger partial charge < -0.3 is 0 Å². The smallest absolute Gasteiger partial charge is 0.207 e. The summed E-state index contributed by atoms with van der Waals surface area (Å²) in [5, 5.41) is 0. The maximum Gasteiger partial charge on any atom is 0.243 e. The second-order valence-corrected chi connectivity index (χ2v) is 11.9. The molecule has 0 spiro atoms. The van der Waals surface area contributed by atoms with Crippen LogP contribution in [0.4, 0.5) is 0 Å². The minimum Gasteiger partial charge on any atom is -0.207 e. The molecule has 33 heavy (non-hydrogen) atoms. The van der Waals surface area contributed by atoms with Crippen LogP contribution in [0.5, 0.6) is 0 Å². The maximum absolute atomic E-state index is 13.2. The van der Waals surface area contributed by atoms with Gasteiger partial charge in [0.2, 0.25) is 20.0 Å². The maximum atomic E-state index is 13.2. The molecular weight excluding hydrogens is 456 g/mol. The van der Waals surface area contributed by atoms with E-state index in [2.05, 4.69) is 4.72 Å². The van der Waals surface area contributed by atoms with E-state index in [1.807, 2.05) is 67.6 Å². The third kappa shape index (κ3) is 5.19. The standard InChI is InChI=1S/C25H28N2O4S2/c1-20-10-8-9-19-27(20)33(30,31)24-17-15-23(16-18-24)32(28,29)26-25(21-11-4-2-5-12-21)22-13-6-3-7-14-22/h2-7,11-18,20,25-26H,8-10,19H2,1H3. The Morgan fingerprint density at radius 1 is 0.758 bits per heavy atom. The number of benzene rings is 3. The number of nitrogens with zero attached hydrogens (tertiary/aromatic N) is 1. The first-order valence-corrected chi connectivity index (χ1v) is 14.0. The van der Waals surface area contributed by atoms with Crippen molar-refractivity contribution < 1.29 is 16.8 Å². The molecule has 4 rings (SSSR count). The summed E-state index contributed by atoms with van der Waals surface area (Å²) < 4.78 is 56.9. The Bertz CT molecular complexity index is 1240. The number of rotatable bonds is 7. The van der Waals surface area contributed by atoms with E-state index in [0.29, 0.717) is 6.54 Å². The molecule has 0 aromatic heterocycles. The summed E-state index contributed by atoms with van der Waals surface area (Å²) in [5.74, 6) is 0. The molecule has 0 aliphatic carbocycles. The lowest BCUT2D eigenvalue weighted by atomic mass is 10.00. The Balaban J connectivity index is 1.61. The Morgan fingerprint density at radius 2 is 1.27 bits per heavy atom. The molecule has 1 atom stereocenters. The molecule has 1 N–H and O–H groups in total. The van der Waals surface area contributed by atoms with Crippen LogP contribution in [-0.2, 0) is 20.0 Å². The molecule has 0 radical (unpaired) electrons. The molecule has 0 amide bonds. The molecule has 1 aliphatic rings. The van der Waals surface area contributed by atoms with E-state index >= 15 is 0 Å². The molecule has 3 aromatic rings. The predicted molar refractivity (Wildman–Crippen MR) is 129 cm³/mol. The molecule has 8 heteroatoms. The van der Waals surface area contributed by atoms with Crippen LogP contribution in [0.1, 0.15) is 43.4 Å². The van der Waals surface area contributed by atoms with Crippen LogP contribution < -0.4 is 4.72 Å². The van der Waals surface area contributed by atoms with Gasteiger partial charge in [-0.05, 0) is 55.2 Å². The third-order valence-corrected chi connectivity index (χ3v) is 9.49. The van der Waals surface area contributed by atoms with E-state index in [9.17, 15) is 16.8 Å². The summed E-state index contributed by atoms with van der Waals surface area (Å²) in [6.07, 6.45) is 2.68. The van der Waals surface area contributed by atoms with Gasteiger partial charge >= 0.3 is 0 Å². The molecule has 0 bridgehead atoms. The van der Waals surface area contributed by atoms with Gasteiger partial charge in [0.15, 0.2) is 0 Å². The lowest BCUT2D eigenvalue weighted by Gasteiger charge is -2.32. The van der Waals surface area contributed by atoms with Gasteiger partial charge in [0.25, 0.3) is 0 Å². The molecule has 174 valence electrons. The van der Waals surface area contributed by atoms with Crippen molar-refractivity contribution in [2.45, 2.75) is 48.1 Å². The first-order valence-electron chi connectivity index (χ1n) is 11.0. The molecule has 0 saturated carbocycles. The quantitative estimate of drug-likeness (QED) is 0.541. The number of nitrogens with one attached hydrogen (secondary N) is 1. The summed E-state index contributed by atoms with van der Waals surface area (Å²) >= 11 is 0. The van der Waals surface area contributed by atoms with Crippen LogP contribution in [0.25, 0.3) is 0 Å². The van der Waals surface area contributed by atoms with Gasteiger partial charge in [-0.3, -0.25) is 0 Å². The fourth-order valence-electron chi connectivity index (χ4n) is 4.20. The summed E-state index contributed by atoms with van der Waals surface area (Å²) in [7, 11) is -7.58. The van der Waals surface area contributed by atoms with E-state index in [1.54, 1.807) is 0 Å². The lowest BCUT2D eigenvalue weighted by Crippen LogP contribution is -2.41. The summed E-state index contributed by atoms with van der Waals surface area (Å²) in [4.78, 5) is 0.128. The monoisotopic (exact) mass is 484 g/mol. The molecule has 1 aliphatic heterocycles. The SMILES string of the molecule is CC1CCCCN1S(=O)(=O)c1ccc(S(=O)(=O)NC(c2ccccc2)c2ccccc2)cc1. The Morgan fingerprint density at radius 3 is 1.79 bits per heavy atom. The molecule has 6 nitrogen and oxygen atoms in total. The minimum absolute atomic E-state index is 0.0185. The van der Waals surface area contributed by atoms with E-state index < -0.39 is 26.1 Å². The molecular formula is C25H28N2O4S2. The second-order valence-electron chi connectivity index (χ2n) is 8.31. The topological polar surface area (TPSA) is 83.6 Å². The van der Waals surface area contributed by atoms with Crippen molar-refractivity contribution in [1.29, 1.82) is 0 Å². The van der Waals surface area contributed by atoms with Crippen molar-refractivity contribution in [2.75, 3.05) is 6.54 Å². The highest BCUT2D eigenvalue weighted by atomic mass is 32.2. The van der Waals surface area contributed by atoms with Crippen LogP contribution in [0.15, 0.2) is 94.7 Å². The summed E-state index contributed by atoms with van der Waals surface area (Å²) in [6, 6.07) is 23.5. The zero-order valence-electron chi connectivity index (χ0n) is 18.5. The van der Waals surface area contributed by atoms with Gasteiger partial charge in [-0.15, -0.1) is 0 Å². The largest absolute Gasteiger partial charge is 0.243 e. The molecule has 1 unspecified atom stereocenters. The van der Waals surface area contributed by atoms with E-state index in [1.165, 1.54) is 28.6 Å². The molecule has 1 fully saturated rings. The van der Waals surface area contributed by atoms with Crippen LogP contribution in [0.2, 0.25) is 0 Å². The van der Waals surface area contributed by atoms with Crippen molar-refractivity contribution in [2.24, 2.45) is 0 Å². The number of hydrogen-bond acceptors (Lipinski definition) is 4. The zero-order chi connectivity index (χ0) is 23.5. The van der Waals surface area contributed by atoms with Gasteiger partial charge in [-0.25, -0.2) is 16.8 Å². The molecule has 1 saturated heterocycles. The summed E-state index contributed by atoms with van der Waals surface area (Å²) in [5.41, 5.74) is 1.62. The van der Waals surface area contributed by atoms with Crippen LogP contribution >= 0.6 is 0 Å². The van der Waals surface area contributed by atoms with Crippen LogP contribution in [-0.4, -0.2) is 33.7 Å². The first kappa shape index (κ1) is 23.6. The number of piperidine rings is 1. The highest BCUT2D eigenvalue weighted by Crippen LogP contribution is 2.27. The fourth-order valence-corrected chi connectivity index (χ4v) is 7.11. The number of sulfonamides is 2. The minimum atomic E-state index is -3.91. The van der Waals surface area contributed by atoms with Crippen LogP contribution in [0, 0.1) is 0 Å². The van der Waals surface area contributed by atoms with Gasteiger partial charge in [0.1, 0.15) is 0 Å². The zero-order valence-corrected chi connectivity index (χ0v) is 20.1. The summed E-state index contributed by atoms with van der Waals surface area (Å²) in [6.45, 7) is 2.40. The van der Waals surface area contributed by atoms with Crippen LogP contribution in [0.3, 0.4) is 0 Å². The van der Waals surface area contributed by atoms with Crippen molar-refractivity contribution in [3.05, 3.63) is 96.1 Å². The Hall–Kier alpha value is -2.52. The van der Waals surface area contributed by atoms with Crippen molar-refractivity contribution in [3.63, 3.8) is 0 Å². The predicted octanol–water partition coefficient (Wildman–Crippen LogP) is 4.32. The Labute approximate surface area is 196 Å². The molecule has 3 aromatic carbocycles. The average Bonchev–Trinajstić information content (AvgIpc) is 2.84. The first-order chi connectivity index (χ1) is 15.8. The fraction of sp³-hybridized carbons (Fsp3) is 0.280. The highest BCUT2D eigenvalue weighted by Gasteiger charge is 2.31. The second kappa shape index (κ2) is 9.77. The average molecular weight is 485 g/mol. The third-order valence-electron chi connectivity index (χ3n) is 6.02. The van der Waals surface area contributed by atoms with Gasteiger partial charge in [-0.2, -0.15) is 9.03 Å². The normalized spacial score (nSPS) is 17.8.